The lowest BCUT2D eigenvalue weighted by Crippen LogP contribution is -2.07. The molecule has 3 nitrogen and oxygen atoms in total. The van der Waals surface area contributed by atoms with E-state index in [1.54, 1.807) is 25.1 Å². The summed E-state index contributed by atoms with van der Waals surface area (Å²) in [4.78, 5) is -0.0162. The van der Waals surface area contributed by atoms with Crippen LogP contribution in [0.15, 0.2) is 29.7 Å². The second-order valence-electron chi connectivity index (χ2n) is 4.13. The van der Waals surface area contributed by atoms with E-state index in [0.29, 0.717) is 16.7 Å². The molecule has 0 aliphatic carbocycles. The van der Waals surface area contributed by atoms with Crippen LogP contribution in [0.4, 0.5) is 0 Å². The van der Waals surface area contributed by atoms with E-state index in [1.807, 2.05) is 13.8 Å². The Labute approximate surface area is 96.6 Å². The van der Waals surface area contributed by atoms with Gasteiger partial charge in [0.15, 0.2) is 0 Å². The van der Waals surface area contributed by atoms with Gasteiger partial charge < -0.3 is 0 Å². The fourth-order valence-corrected chi connectivity index (χ4v) is 2.76. The lowest BCUT2D eigenvalue weighted by molar-refractivity contribution is 0.481. The van der Waals surface area contributed by atoms with Gasteiger partial charge in [-0.15, -0.1) is 0 Å². The third-order valence-corrected chi connectivity index (χ3v) is 3.36. The summed E-state index contributed by atoms with van der Waals surface area (Å²) in [6, 6.07) is 5.13. The second-order valence-corrected chi connectivity index (χ2v) is 5.49. The maximum absolute atomic E-state index is 11.4. The molecule has 4 heteroatoms. The van der Waals surface area contributed by atoms with Crippen molar-refractivity contribution in [1.29, 1.82) is 0 Å². The van der Waals surface area contributed by atoms with Crippen molar-refractivity contribution >= 4 is 15.7 Å². The summed E-state index contributed by atoms with van der Waals surface area (Å²) in [5, 5.41) is 0. The van der Waals surface area contributed by atoms with Crippen LogP contribution in [0.3, 0.4) is 0 Å². The molecule has 0 saturated heterocycles. The molecule has 0 aliphatic rings. The first-order valence-electron chi connectivity index (χ1n) is 5.01. The van der Waals surface area contributed by atoms with E-state index in [1.165, 1.54) is 0 Å². The van der Waals surface area contributed by atoms with Gasteiger partial charge in [0.2, 0.25) is 0 Å². The van der Waals surface area contributed by atoms with Crippen LogP contribution >= 0.6 is 0 Å². The first-order valence-corrected chi connectivity index (χ1v) is 6.45. The Bertz CT molecular complexity index is 513. The summed E-state index contributed by atoms with van der Waals surface area (Å²) in [7, 11) is -4.21. The number of hydrogen-bond donors (Lipinski definition) is 1. The molecule has 1 aromatic rings. The number of rotatable bonds is 3. The molecule has 0 fully saturated rings. The van der Waals surface area contributed by atoms with Crippen molar-refractivity contribution in [1.82, 2.24) is 0 Å². The Hall–Kier alpha value is -1.13. The van der Waals surface area contributed by atoms with Gasteiger partial charge in [-0.2, -0.15) is 8.42 Å². The van der Waals surface area contributed by atoms with Gasteiger partial charge in [-0.05, 0) is 29.5 Å². The fraction of sp³-hybridized carbons (Fsp3) is 0.333. The molecule has 88 valence electrons. The fourth-order valence-electron chi connectivity index (χ4n) is 1.63. The number of hydrogen-bond acceptors (Lipinski definition) is 2. The molecule has 0 amide bonds. The highest BCUT2D eigenvalue weighted by Gasteiger charge is 2.21. The molecule has 0 spiro atoms. The van der Waals surface area contributed by atoms with Crippen LogP contribution in [0.25, 0.3) is 5.57 Å². The lowest BCUT2D eigenvalue weighted by atomic mass is 9.98. The Balaban J connectivity index is 3.68. The summed E-state index contributed by atoms with van der Waals surface area (Å²) in [6.07, 6.45) is 0. The van der Waals surface area contributed by atoms with E-state index in [2.05, 4.69) is 6.58 Å². The highest BCUT2D eigenvalue weighted by Crippen LogP contribution is 2.30. The average molecular weight is 240 g/mol. The largest absolute Gasteiger partial charge is 0.295 e. The summed E-state index contributed by atoms with van der Waals surface area (Å²) in [5.41, 5.74) is 1.71. The van der Waals surface area contributed by atoms with Gasteiger partial charge in [-0.3, -0.25) is 4.55 Å². The van der Waals surface area contributed by atoms with E-state index < -0.39 is 10.1 Å². The summed E-state index contributed by atoms with van der Waals surface area (Å²) >= 11 is 0. The third-order valence-electron chi connectivity index (χ3n) is 2.39. The Morgan fingerprint density at radius 1 is 1.38 bits per heavy atom. The Kier molecular flexibility index (Phi) is 3.55. The zero-order valence-electron chi connectivity index (χ0n) is 9.69. The average Bonchev–Trinajstić information content (AvgIpc) is 2.15. The quantitative estimate of drug-likeness (QED) is 0.826. The predicted molar refractivity (Wildman–Crippen MR) is 65.1 cm³/mol. The van der Waals surface area contributed by atoms with Gasteiger partial charge in [0.1, 0.15) is 4.90 Å². The SMILES string of the molecule is C=C(C)c1cccc(C(C)C)c1S(=O)(=O)O. The standard InChI is InChI=1S/C12H16O3S/c1-8(2)10-6-5-7-11(9(3)4)12(10)16(13,14)15/h5-7,9H,1H2,2-4H3,(H,13,14,15). The number of benzene rings is 1. The minimum Gasteiger partial charge on any atom is -0.282 e. The molecule has 16 heavy (non-hydrogen) atoms. The van der Waals surface area contributed by atoms with Crippen LogP contribution in [-0.2, 0) is 10.1 Å². The summed E-state index contributed by atoms with van der Waals surface area (Å²) in [6.45, 7) is 9.20. The normalized spacial score (nSPS) is 11.8. The molecular formula is C12H16O3S. The van der Waals surface area contributed by atoms with Gasteiger partial charge in [-0.1, -0.05) is 38.6 Å². The lowest BCUT2D eigenvalue weighted by Gasteiger charge is -2.14. The number of allylic oxidation sites excluding steroid dienone is 1. The molecule has 0 aromatic heterocycles. The van der Waals surface area contributed by atoms with Crippen molar-refractivity contribution in [3.05, 3.63) is 35.9 Å². The Morgan fingerprint density at radius 3 is 2.31 bits per heavy atom. The van der Waals surface area contributed by atoms with Crippen LogP contribution < -0.4 is 0 Å². The summed E-state index contributed by atoms with van der Waals surface area (Å²) < 4.78 is 32.1. The topological polar surface area (TPSA) is 54.4 Å². The molecule has 0 aliphatic heterocycles. The molecular weight excluding hydrogens is 224 g/mol. The molecule has 0 unspecified atom stereocenters. The van der Waals surface area contributed by atoms with Crippen LogP contribution in [-0.4, -0.2) is 13.0 Å². The van der Waals surface area contributed by atoms with Crippen molar-refractivity contribution < 1.29 is 13.0 Å². The van der Waals surface area contributed by atoms with Crippen molar-refractivity contribution in [2.24, 2.45) is 0 Å². The maximum atomic E-state index is 11.4. The van der Waals surface area contributed by atoms with Crippen molar-refractivity contribution in [2.75, 3.05) is 0 Å². The zero-order chi connectivity index (χ0) is 12.5. The molecule has 1 rings (SSSR count). The molecule has 0 radical (unpaired) electrons. The Morgan fingerprint density at radius 2 is 1.94 bits per heavy atom. The summed E-state index contributed by atoms with van der Waals surface area (Å²) in [5.74, 6) is 0.0243. The van der Waals surface area contributed by atoms with E-state index in [9.17, 15) is 13.0 Å². The molecule has 0 heterocycles. The predicted octanol–water partition coefficient (Wildman–Crippen LogP) is 3.09. The van der Waals surface area contributed by atoms with Gasteiger partial charge in [0.25, 0.3) is 10.1 Å². The highest BCUT2D eigenvalue weighted by molar-refractivity contribution is 7.86. The van der Waals surface area contributed by atoms with Gasteiger partial charge in [0, 0.05) is 0 Å². The van der Waals surface area contributed by atoms with E-state index in [4.69, 9.17) is 0 Å². The van der Waals surface area contributed by atoms with Gasteiger partial charge in [-0.25, -0.2) is 0 Å². The molecule has 1 N–H and O–H groups in total. The smallest absolute Gasteiger partial charge is 0.282 e. The van der Waals surface area contributed by atoms with E-state index >= 15 is 0 Å². The molecule has 0 saturated carbocycles. The highest BCUT2D eigenvalue weighted by atomic mass is 32.2. The first-order chi connectivity index (χ1) is 7.25. The van der Waals surface area contributed by atoms with Gasteiger partial charge in [0.05, 0.1) is 0 Å². The van der Waals surface area contributed by atoms with E-state index in [-0.39, 0.29) is 10.8 Å². The second kappa shape index (κ2) is 4.39. The van der Waals surface area contributed by atoms with Crippen molar-refractivity contribution in [3.63, 3.8) is 0 Å². The van der Waals surface area contributed by atoms with Crippen molar-refractivity contribution in [3.8, 4) is 0 Å². The van der Waals surface area contributed by atoms with E-state index in [0.717, 1.165) is 0 Å². The zero-order valence-corrected chi connectivity index (χ0v) is 10.5. The van der Waals surface area contributed by atoms with Crippen LogP contribution in [0.5, 0.6) is 0 Å². The molecule has 0 atom stereocenters. The minimum atomic E-state index is -4.21. The first kappa shape index (κ1) is 12.9. The molecule has 0 bridgehead atoms. The monoisotopic (exact) mass is 240 g/mol. The minimum absolute atomic E-state index is 0.0162. The van der Waals surface area contributed by atoms with Crippen molar-refractivity contribution in [2.45, 2.75) is 31.6 Å². The van der Waals surface area contributed by atoms with Crippen LogP contribution in [0.2, 0.25) is 0 Å². The molecule has 1 aromatic carbocycles. The maximum Gasteiger partial charge on any atom is 0.295 e. The van der Waals surface area contributed by atoms with Gasteiger partial charge >= 0.3 is 0 Å². The van der Waals surface area contributed by atoms with Crippen LogP contribution in [0, 0.1) is 0 Å². The van der Waals surface area contributed by atoms with Crippen LogP contribution in [0.1, 0.15) is 37.8 Å². The third kappa shape index (κ3) is 2.51.